The number of rotatable bonds is 4. The molecule has 3 N–H and O–H groups in total. The lowest BCUT2D eigenvalue weighted by Gasteiger charge is -2.17. The summed E-state index contributed by atoms with van der Waals surface area (Å²) in [6, 6.07) is 3.34. The summed E-state index contributed by atoms with van der Waals surface area (Å²) in [6.45, 7) is 1.74. The zero-order chi connectivity index (χ0) is 14.5. The molecule has 7 heteroatoms. The highest BCUT2D eigenvalue weighted by molar-refractivity contribution is 5.89. The lowest BCUT2D eigenvalue weighted by atomic mass is 10.1. The van der Waals surface area contributed by atoms with Gasteiger partial charge in [0.1, 0.15) is 11.6 Å². The Hall–Kier alpha value is -2.57. The molecule has 0 saturated heterocycles. The van der Waals surface area contributed by atoms with Crippen LogP contribution in [0.3, 0.4) is 0 Å². The number of nitrogens with one attached hydrogen (secondary N) is 3. The number of aromatic nitrogens is 2. The van der Waals surface area contributed by atoms with Gasteiger partial charge in [-0.15, -0.1) is 0 Å². The van der Waals surface area contributed by atoms with Crippen LogP contribution in [0.15, 0.2) is 30.6 Å². The molecular formula is C13H15FN4O2. The van der Waals surface area contributed by atoms with Crippen molar-refractivity contribution >= 4 is 11.7 Å². The van der Waals surface area contributed by atoms with E-state index in [0.29, 0.717) is 17.0 Å². The second-order valence-electron chi connectivity index (χ2n) is 4.19. The normalized spacial score (nSPS) is 11.8. The Morgan fingerprint density at radius 3 is 2.95 bits per heavy atom. The molecule has 1 aromatic heterocycles. The maximum absolute atomic E-state index is 13.3. The summed E-state index contributed by atoms with van der Waals surface area (Å²) in [5, 5.41) is 11.6. The largest absolute Gasteiger partial charge is 0.496 e. The van der Waals surface area contributed by atoms with Gasteiger partial charge in [0.15, 0.2) is 0 Å². The van der Waals surface area contributed by atoms with Crippen LogP contribution in [0.25, 0.3) is 0 Å². The average molecular weight is 278 g/mol. The van der Waals surface area contributed by atoms with Crippen LogP contribution in [0.5, 0.6) is 5.75 Å². The predicted molar refractivity (Wildman–Crippen MR) is 72.1 cm³/mol. The van der Waals surface area contributed by atoms with Crippen molar-refractivity contribution < 1.29 is 13.9 Å². The van der Waals surface area contributed by atoms with Gasteiger partial charge >= 0.3 is 6.03 Å². The standard InChI is InChI=1S/C13H15FN4O2/c1-8(11-5-9(14)3-4-12(11)20-2)17-13(19)18-10-6-15-16-7-10/h3-8H,1-2H3,(H,15,16)(H2,17,18,19)/t8-/m0/s1. The molecule has 2 aromatic rings. The molecule has 2 rings (SSSR count). The molecule has 1 atom stereocenters. The second kappa shape index (κ2) is 6.05. The number of amides is 2. The van der Waals surface area contributed by atoms with E-state index in [9.17, 15) is 9.18 Å². The minimum absolute atomic E-state index is 0.385. The Labute approximate surface area is 115 Å². The fourth-order valence-corrected chi connectivity index (χ4v) is 1.80. The summed E-state index contributed by atoms with van der Waals surface area (Å²) < 4.78 is 18.4. The summed E-state index contributed by atoms with van der Waals surface area (Å²) in [5.74, 6) is 0.132. The third-order valence-corrected chi connectivity index (χ3v) is 2.76. The van der Waals surface area contributed by atoms with E-state index in [1.54, 1.807) is 13.1 Å². The van der Waals surface area contributed by atoms with Crippen LogP contribution in [0.1, 0.15) is 18.5 Å². The van der Waals surface area contributed by atoms with Gasteiger partial charge in [-0.3, -0.25) is 5.10 Å². The monoisotopic (exact) mass is 278 g/mol. The number of ether oxygens (including phenoxy) is 1. The molecule has 2 amide bonds. The molecule has 0 radical (unpaired) electrons. The number of hydrogen-bond acceptors (Lipinski definition) is 3. The Balaban J connectivity index is 2.06. The second-order valence-corrected chi connectivity index (χ2v) is 4.19. The van der Waals surface area contributed by atoms with Gasteiger partial charge in [0.2, 0.25) is 0 Å². The highest BCUT2D eigenvalue weighted by Crippen LogP contribution is 2.25. The summed E-state index contributed by atoms with van der Waals surface area (Å²) in [5.41, 5.74) is 1.11. The summed E-state index contributed by atoms with van der Waals surface area (Å²) in [6.07, 6.45) is 3.03. The van der Waals surface area contributed by atoms with Gasteiger partial charge < -0.3 is 15.4 Å². The molecule has 1 aromatic carbocycles. The van der Waals surface area contributed by atoms with Crippen molar-refractivity contribution in [2.45, 2.75) is 13.0 Å². The number of aromatic amines is 1. The molecule has 106 valence electrons. The van der Waals surface area contributed by atoms with Crippen molar-refractivity contribution in [2.24, 2.45) is 0 Å². The first kappa shape index (κ1) is 13.9. The molecule has 0 bridgehead atoms. The number of carbonyl (C=O) groups is 1. The van der Waals surface area contributed by atoms with E-state index in [-0.39, 0.29) is 5.82 Å². The van der Waals surface area contributed by atoms with Gasteiger partial charge in [-0.2, -0.15) is 5.10 Å². The minimum Gasteiger partial charge on any atom is -0.496 e. The number of hydrogen-bond donors (Lipinski definition) is 3. The van der Waals surface area contributed by atoms with Gasteiger partial charge in [0.05, 0.1) is 25.0 Å². The fraction of sp³-hybridized carbons (Fsp3) is 0.231. The number of methoxy groups -OCH3 is 1. The van der Waals surface area contributed by atoms with Crippen molar-refractivity contribution in [3.8, 4) is 5.75 Å². The van der Waals surface area contributed by atoms with Crippen molar-refractivity contribution in [1.29, 1.82) is 0 Å². The first-order chi connectivity index (χ1) is 9.60. The molecule has 0 aliphatic carbocycles. The van der Waals surface area contributed by atoms with Crippen molar-refractivity contribution in [3.63, 3.8) is 0 Å². The molecule has 0 fully saturated rings. The summed E-state index contributed by atoms with van der Waals surface area (Å²) >= 11 is 0. The molecular weight excluding hydrogens is 263 g/mol. The highest BCUT2D eigenvalue weighted by Gasteiger charge is 2.15. The number of H-pyrrole nitrogens is 1. The van der Waals surface area contributed by atoms with E-state index in [0.717, 1.165) is 0 Å². The van der Waals surface area contributed by atoms with Gasteiger partial charge in [-0.05, 0) is 25.1 Å². The third kappa shape index (κ3) is 3.25. The van der Waals surface area contributed by atoms with E-state index >= 15 is 0 Å². The van der Waals surface area contributed by atoms with E-state index in [1.165, 1.54) is 31.5 Å². The summed E-state index contributed by atoms with van der Waals surface area (Å²) in [7, 11) is 1.50. The van der Waals surface area contributed by atoms with E-state index in [2.05, 4.69) is 20.8 Å². The molecule has 0 aliphatic heterocycles. The van der Waals surface area contributed by atoms with Crippen LogP contribution in [-0.4, -0.2) is 23.3 Å². The Morgan fingerprint density at radius 1 is 1.50 bits per heavy atom. The molecule has 0 spiro atoms. The van der Waals surface area contributed by atoms with Crippen molar-refractivity contribution in [2.75, 3.05) is 12.4 Å². The number of halogens is 1. The maximum Gasteiger partial charge on any atom is 0.319 e. The van der Waals surface area contributed by atoms with Crippen molar-refractivity contribution in [3.05, 3.63) is 42.0 Å². The Bertz CT molecular complexity index is 586. The summed E-state index contributed by atoms with van der Waals surface area (Å²) in [4.78, 5) is 11.8. The topological polar surface area (TPSA) is 79.0 Å². The van der Waals surface area contributed by atoms with Crippen LogP contribution < -0.4 is 15.4 Å². The van der Waals surface area contributed by atoms with E-state index < -0.39 is 12.1 Å². The number of carbonyl (C=O) groups excluding carboxylic acids is 1. The van der Waals surface area contributed by atoms with Crippen LogP contribution in [-0.2, 0) is 0 Å². The lowest BCUT2D eigenvalue weighted by molar-refractivity contribution is 0.249. The first-order valence-electron chi connectivity index (χ1n) is 6.00. The number of nitrogens with zero attached hydrogens (tertiary/aromatic N) is 1. The molecule has 0 saturated carbocycles. The quantitative estimate of drug-likeness (QED) is 0.803. The SMILES string of the molecule is COc1ccc(F)cc1[C@H](C)NC(=O)Nc1cn[nH]c1. The minimum atomic E-state index is -0.412. The predicted octanol–water partition coefficient (Wildman–Crippen LogP) is 2.44. The van der Waals surface area contributed by atoms with E-state index in [4.69, 9.17) is 4.74 Å². The van der Waals surface area contributed by atoms with E-state index in [1.807, 2.05) is 0 Å². The zero-order valence-corrected chi connectivity index (χ0v) is 11.1. The smallest absolute Gasteiger partial charge is 0.319 e. The highest BCUT2D eigenvalue weighted by atomic mass is 19.1. The van der Waals surface area contributed by atoms with Gasteiger partial charge in [0.25, 0.3) is 0 Å². The fourth-order valence-electron chi connectivity index (χ4n) is 1.80. The van der Waals surface area contributed by atoms with Gasteiger partial charge in [0, 0.05) is 11.8 Å². The van der Waals surface area contributed by atoms with Crippen LogP contribution in [0.4, 0.5) is 14.9 Å². The maximum atomic E-state index is 13.3. The third-order valence-electron chi connectivity index (χ3n) is 2.76. The van der Waals surface area contributed by atoms with Crippen LogP contribution in [0.2, 0.25) is 0 Å². The van der Waals surface area contributed by atoms with Crippen LogP contribution >= 0.6 is 0 Å². The molecule has 0 unspecified atom stereocenters. The molecule has 20 heavy (non-hydrogen) atoms. The Morgan fingerprint density at radius 2 is 2.30 bits per heavy atom. The first-order valence-corrected chi connectivity index (χ1v) is 6.00. The van der Waals surface area contributed by atoms with Gasteiger partial charge in [-0.1, -0.05) is 0 Å². The number of anilines is 1. The number of urea groups is 1. The Kier molecular flexibility index (Phi) is 4.19. The molecule has 1 heterocycles. The lowest BCUT2D eigenvalue weighted by Crippen LogP contribution is -2.31. The molecule has 0 aliphatic rings. The van der Waals surface area contributed by atoms with Crippen LogP contribution in [0, 0.1) is 5.82 Å². The number of benzene rings is 1. The zero-order valence-electron chi connectivity index (χ0n) is 11.1. The average Bonchev–Trinajstić information content (AvgIpc) is 2.91. The molecule has 6 nitrogen and oxygen atoms in total. The van der Waals surface area contributed by atoms with Gasteiger partial charge in [-0.25, -0.2) is 9.18 Å². The van der Waals surface area contributed by atoms with Crippen molar-refractivity contribution in [1.82, 2.24) is 15.5 Å².